The van der Waals surface area contributed by atoms with Crippen LogP contribution in [0, 0.1) is 5.92 Å². The van der Waals surface area contributed by atoms with Gasteiger partial charge in [0.15, 0.2) is 0 Å². The van der Waals surface area contributed by atoms with E-state index in [4.69, 9.17) is 9.47 Å². The monoisotopic (exact) mass is 378 g/mol. The average Bonchev–Trinajstić information content (AvgIpc) is 2.64. The van der Waals surface area contributed by atoms with Gasteiger partial charge in [-0.25, -0.2) is 5.43 Å². The first-order valence-corrected chi connectivity index (χ1v) is 8.40. The summed E-state index contributed by atoms with van der Waals surface area (Å²) in [6, 6.07) is 4.99. The maximum Gasteiger partial charge on any atom is 0.329 e. The van der Waals surface area contributed by atoms with Crippen LogP contribution in [0.5, 0.6) is 11.5 Å². The Morgan fingerprint density at radius 2 is 1.81 bits per heavy atom. The minimum Gasteiger partial charge on any atom is -0.497 e. The highest BCUT2D eigenvalue weighted by atomic mass is 16.5. The van der Waals surface area contributed by atoms with Crippen molar-refractivity contribution in [3.63, 3.8) is 0 Å². The van der Waals surface area contributed by atoms with Crippen LogP contribution in [0.2, 0.25) is 0 Å². The van der Waals surface area contributed by atoms with E-state index in [1.165, 1.54) is 14.2 Å². The molecular formula is C18H26N4O5. The van der Waals surface area contributed by atoms with Gasteiger partial charge in [0, 0.05) is 18.3 Å². The fraction of sp³-hybridized carbons (Fsp3) is 0.444. The van der Waals surface area contributed by atoms with Gasteiger partial charge in [0.1, 0.15) is 11.5 Å². The van der Waals surface area contributed by atoms with E-state index in [2.05, 4.69) is 21.2 Å². The number of carbonyl (C=O) groups excluding carboxylic acids is 3. The largest absolute Gasteiger partial charge is 0.497 e. The summed E-state index contributed by atoms with van der Waals surface area (Å²) in [6.45, 7) is 5.78. The van der Waals surface area contributed by atoms with Gasteiger partial charge in [-0.15, -0.1) is 0 Å². The number of nitrogens with zero attached hydrogens (tertiary/aromatic N) is 1. The molecule has 148 valence electrons. The topological polar surface area (TPSA) is 118 Å². The normalized spacial score (nSPS) is 11.0. The summed E-state index contributed by atoms with van der Waals surface area (Å²) in [5.74, 6) is -0.725. The summed E-state index contributed by atoms with van der Waals surface area (Å²) in [6.07, 6.45) is -0.0664. The van der Waals surface area contributed by atoms with Crippen LogP contribution in [-0.2, 0) is 14.4 Å². The number of nitrogens with one attached hydrogen (secondary N) is 3. The lowest BCUT2D eigenvalue weighted by molar-refractivity contribution is -0.139. The minimum absolute atomic E-state index is 0.0664. The van der Waals surface area contributed by atoms with Crippen molar-refractivity contribution in [3.8, 4) is 11.5 Å². The number of amides is 3. The quantitative estimate of drug-likeness (QED) is 0.358. The zero-order chi connectivity index (χ0) is 20.4. The fourth-order valence-corrected chi connectivity index (χ4v) is 1.94. The summed E-state index contributed by atoms with van der Waals surface area (Å²) >= 11 is 0. The lowest BCUT2D eigenvalue weighted by atomic mass is 10.2. The first kappa shape index (κ1) is 21.9. The number of hydrogen-bond acceptors (Lipinski definition) is 6. The van der Waals surface area contributed by atoms with Crippen molar-refractivity contribution in [2.75, 3.05) is 26.1 Å². The molecule has 9 nitrogen and oxygen atoms in total. The van der Waals surface area contributed by atoms with Gasteiger partial charge < -0.3 is 20.1 Å². The summed E-state index contributed by atoms with van der Waals surface area (Å²) in [7, 11) is 3.02. The molecule has 1 aromatic carbocycles. The molecule has 0 fully saturated rings. The van der Waals surface area contributed by atoms with Gasteiger partial charge in [0.05, 0.1) is 26.3 Å². The maximum atomic E-state index is 12.1. The standard InChI is InChI=1S/C18H26N4O5/c1-11(2)10-19-17(24)18(25)22-21-12(3)8-16(23)20-14-7-6-13(26-4)9-15(14)27-5/h6-7,9,11H,8,10H2,1-5H3,(H,19,24)(H,20,23)(H,22,25). The fourth-order valence-electron chi connectivity index (χ4n) is 1.94. The molecule has 27 heavy (non-hydrogen) atoms. The molecule has 1 aromatic rings. The average molecular weight is 378 g/mol. The zero-order valence-electron chi connectivity index (χ0n) is 16.2. The van der Waals surface area contributed by atoms with Crippen LogP contribution in [-0.4, -0.2) is 44.2 Å². The Labute approximate surface area is 158 Å². The Bertz CT molecular complexity index is 716. The van der Waals surface area contributed by atoms with Gasteiger partial charge in [0.2, 0.25) is 5.91 Å². The van der Waals surface area contributed by atoms with Crippen LogP contribution >= 0.6 is 0 Å². The highest BCUT2D eigenvalue weighted by Crippen LogP contribution is 2.29. The van der Waals surface area contributed by atoms with E-state index >= 15 is 0 Å². The Balaban J connectivity index is 2.57. The number of rotatable bonds is 8. The van der Waals surface area contributed by atoms with Crippen molar-refractivity contribution in [1.29, 1.82) is 0 Å². The molecular weight excluding hydrogens is 352 g/mol. The molecule has 0 saturated carbocycles. The van der Waals surface area contributed by atoms with E-state index in [-0.39, 0.29) is 18.2 Å². The molecule has 0 aliphatic rings. The van der Waals surface area contributed by atoms with Crippen molar-refractivity contribution in [2.24, 2.45) is 11.0 Å². The van der Waals surface area contributed by atoms with Crippen molar-refractivity contribution >= 4 is 29.1 Å². The molecule has 0 unspecified atom stereocenters. The summed E-state index contributed by atoms with van der Waals surface area (Å²) < 4.78 is 10.3. The molecule has 0 bridgehead atoms. The van der Waals surface area contributed by atoms with Crippen molar-refractivity contribution in [1.82, 2.24) is 10.7 Å². The molecule has 0 saturated heterocycles. The van der Waals surface area contributed by atoms with Crippen LogP contribution in [0.4, 0.5) is 5.69 Å². The number of benzene rings is 1. The third-order valence-corrected chi connectivity index (χ3v) is 3.32. The molecule has 0 aliphatic carbocycles. The van der Waals surface area contributed by atoms with E-state index in [0.29, 0.717) is 29.4 Å². The lowest BCUT2D eigenvalue weighted by Gasteiger charge is -2.11. The Hall–Kier alpha value is -3.10. The van der Waals surface area contributed by atoms with Gasteiger partial charge in [-0.05, 0) is 25.0 Å². The van der Waals surface area contributed by atoms with E-state index in [9.17, 15) is 14.4 Å². The third-order valence-electron chi connectivity index (χ3n) is 3.32. The first-order chi connectivity index (χ1) is 12.8. The molecule has 0 aromatic heterocycles. The summed E-state index contributed by atoms with van der Waals surface area (Å²) in [4.78, 5) is 35.3. The lowest BCUT2D eigenvalue weighted by Crippen LogP contribution is -2.39. The highest BCUT2D eigenvalue weighted by molar-refractivity contribution is 6.35. The maximum absolute atomic E-state index is 12.1. The second kappa shape index (κ2) is 10.8. The number of ether oxygens (including phenoxy) is 2. The minimum atomic E-state index is -0.882. The predicted octanol–water partition coefficient (Wildman–Crippen LogP) is 1.30. The molecule has 1 rings (SSSR count). The Morgan fingerprint density at radius 3 is 2.41 bits per heavy atom. The van der Waals surface area contributed by atoms with Gasteiger partial charge in [-0.3, -0.25) is 14.4 Å². The number of anilines is 1. The van der Waals surface area contributed by atoms with Gasteiger partial charge in [-0.1, -0.05) is 13.8 Å². The molecule has 0 aliphatic heterocycles. The van der Waals surface area contributed by atoms with E-state index < -0.39 is 11.8 Å². The van der Waals surface area contributed by atoms with Crippen LogP contribution in [0.25, 0.3) is 0 Å². The predicted molar refractivity (Wildman–Crippen MR) is 102 cm³/mol. The second-order valence-electron chi connectivity index (χ2n) is 6.18. The van der Waals surface area contributed by atoms with Gasteiger partial charge in [0.25, 0.3) is 0 Å². The van der Waals surface area contributed by atoms with E-state index in [1.807, 2.05) is 13.8 Å². The number of hydrogen-bond donors (Lipinski definition) is 3. The van der Waals surface area contributed by atoms with Crippen LogP contribution in [0.3, 0.4) is 0 Å². The third kappa shape index (κ3) is 7.76. The molecule has 3 N–H and O–H groups in total. The van der Waals surface area contributed by atoms with E-state index in [1.54, 1.807) is 25.1 Å². The molecule has 0 heterocycles. The number of methoxy groups -OCH3 is 2. The number of hydrazone groups is 1. The van der Waals surface area contributed by atoms with Gasteiger partial charge in [-0.2, -0.15) is 5.10 Å². The van der Waals surface area contributed by atoms with Crippen LogP contribution in [0.15, 0.2) is 23.3 Å². The van der Waals surface area contributed by atoms with Crippen LogP contribution in [0.1, 0.15) is 27.2 Å². The van der Waals surface area contributed by atoms with Crippen LogP contribution < -0.4 is 25.5 Å². The smallest absolute Gasteiger partial charge is 0.329 e. The molecule has 0 atom stereocenters. The molecule has 0 spiro atoms. The molecule has 9 heteroatoms. The molecule has 3 amide bonds. The summed E-state index contributed by atoms with van der Waals surface area (Å²) in [5, 5.41) is 8.94. The Morgan fingerprint density at radius 1 is 1.11 bits per heavy atom. The Kier molecular flexibility index (Phi) is 8.77. The van der Waals surface area contributed by atoms with Crippen molar-refractivity contribution in [3.05, 3.63) is 18.2 Å². The van der Waals surface area contributed by atoms with Crippen molar-refractivity contribution < 1.29 is 23.9 Å². The number of carbonyl (C=O) groups is 3. The highest BCUT2D eigenvalue weighted by Gasteiger charge is 2.14. The first-order valence-electron chi connectivity index (χ1n) is 8.40. The van der Waals surface area contributed by atoms with Crippen molar-refractivity contribution in [2.45, 2.75) is 27.2 Å². The molecule has 0 radical (unpaired) electrons. The second-order valence-corrected chi connectivity index (χ2v) is 6.18. The van der Waals surface area contributed by atoms with Gasteiger partial charge >= 0.3 is 11.8 Å². The summed E-state index contributed by atoms with van der Waals surface area (Å²) in [5.41, 5.74) is 2.95. The SMILES string of the molecule is COc1ccc(NC(=O)CC(C)=NNC(=O)C(=O)NCC(C)C)c(OC)c1. The van der Waals surface area contributed by atoms with E-state index in [0.717, 1.165) is 0 Å². The zero-order valence-corrected chi connectivity index (χ0v) is 16.2.